The van der Waals surface area contributed by atoms with E-state index >= 15 is 0 Å². The molecule has 0 saturated carbocycles. The van der Waals surface area contributed by atoms with Crippen molar-refractivity contribution in [1.82, 2.24) is 10.3 Å². The fraction of sp³-hybridized carbons (Fsp3) is 0.200. The van der Waals surface area contributed by atoms with E-state index in [4.69, 9.17) is 10.3 Å². The lowest BCUT2D eigenvalue weighted by atomic mass is 10.1. The van der Waals surface area contributed by atoms with Gasteiger partial charge >= 0.3 is 11.3 Å². The molecular formula is C20H19N4O3S+. The largest absolute Gasteiger partial charge is 0.439 e. The smallest absolute Gasteiger partial charge is 0.397 e. The van der Waals surface area contributed by atoms with Gasteiger partial charge in [0.1, 0.15) is 9.71 Å². The van der Waals surface area contributed by atoms with Crippen molar-refractivity contribution in [2.75, 3.05) is 5.73 Å². The van der Waals surface area contributed by atoms with E-state index in [1.165, 1.54) is 16.0 Å². The normalized spacial score (nSPS) is 11.4. The third kappa shape index (κ3) is 3.11. The van der Waals surface area contributed by atoms with E-state index in [9.17, 15) is 9.59 Å². The summed E-state index contributed by atoms with van der Waals surface area (Å²) in [6.45, 7) is 4.24. The molecule has 7 nitrogen and oxygen atoms in total. The number of pyridine rings is 1. The zero-order chi connectivity index (χ0) is 19.8. The van der Waals surface area contributed by atoms with Crippen LogP contribution in [0.2, 0.25) is 0 Å². The van der Waals surface area contributed by atoms with Crippen LogP contribution in [0.15, 0.2) is 51.8 Å². The summed E-state index contributed by atoms with van der Waals surface area (Å²) in [6, 6.07) is 12.8. The van der Waals surface area contributed by atoms with E-state index in [0.29, 0.717) is 27.5 Å². The Morgan fingerprint density at radius 2 is 2.00 bits per heavy atom. The quantitative estimate of drug-likeness (QED) is 0.399. The van der Waals surface area contributed by atoms with Gasteiger partial charge in [0.05, 0.1) is 5.69 Å². The van der Waals surface area contributed by atoms with Crippen LogP contribution in [0.25, 0.3) is 15.9 Å². The van der Waals surface area contributed by atoms with Crippen molar-refractivity contribution in [2.45, 2.75) is 20.3 Å². The maximum absolute atomic E-state index is 13.2. The predicted octanol–water partition coefficient (Wildman–Crippen LogP) is 2.87. The topological polar surface area (TPSA) is 106 Å². The first-order valence-corrected chi connectivity index (χ1v) is 9.69. The number of nitrogens with zero attached hydrogens (tertiary/aromatic N) is 2. The maximum Gasteiger partial charge on any atom is 0.439 e. The average molecular weight is 395 g/mol. The third-order valence-corrected chi connectivity index (χ3v) is 5.47. The minimum Gasteiger partial charge on any atom is -0.397 e. The Balaban J connectivity index is 1.81. The van der Waals surface area contributed by atoms with E-state index in [1.54, 1.807) is 24.3 Å². The summed E-state index contributed by atoms with van der Waals surface area (Å²) in [5, 5.41) is 3.20. The molecule has 3 aromatic heterocycles. The molecule has 0 aliphatic heterocycles. The molecule has 8 heteroatoms. The highest BCUT2D eigenvalue weighted by molar-refractivity contribution is 7.21. The first-order chi connectivity index (χ1) is 13.5. The fourth-order valence-corrected chi connectivity index (χ4v) is 4.12. The minimum atomic E-state index is -0.751. The molecule has 4 aromatic rings. The molecule has 28 heavy (non-hydrogen) atoms. The zero-order valence-corrected chi connectivity index (χ0v) is 16.2. The number of hydrogen-bond acceptors (Lipinski definition) is 6. The summed E-state index contributed by atoms with van der Waals surface area (Å²) in [7, 11) is 0. The van der Waals surface area contributed by atoms with E-state index in [1.807, 2.05) is 18.2 Å². The van der Waals surface area contributed by atoms with Gasteiger partial charge in [-0.2, -0.15) is 0 Å². The number of carbonyl (C=O) groups is 1. The van der Waals surface area contributed by atoms with Gasteiger partial charge in [-0.15, -0.1) is 11.3 Å². The second-order valence-corrected chi connectivity index (χ2v) is 7.93. The lowest BCUT2D eigenvalue weighted by Crippen LogP contribution is -2.41. The van der Waals surface area contributed by atoms with Crippen molar-refractivity contribution in [3.05, 3.63) is 69.1 Å². The Bertz CT molecular complexity index is 1220. The lowest BCUT2D eigenvalue weighted by molar-refractivity contribution is -0.672. The van der Waals surface area contributed by atoms with Crippen LogP contribution < -0.4 is 16.0 Å². The van der Waals surface area contributed by atoms with Gasteiger partial charge in [-0.3, -0.25) is 9.32 Å². The number of nitrogens with two attached hydrogens (primary N) is 1. The fourth-order valence-electron chi connectivity index (χ4n) is 3.07. The molecule has 3 heterocycles. The van der Waals surface area contributed by atoms with Crippen molar-refractivity contribution in [3.63, 3.8) is 0 Å². The van der Waals surface area contributed by atoms with Gasteiger partial charge in [0.15, 0.2) is 0 Å². The van der Waals surface area contributed by atoms with Gasteiger partial charge in [-0.1, -0.05) is 32.0 Å². The predicted molar refractivity (Wildman–Crippen MR) is 107 cm³/mol. The summed E-state index contributed by atoms with van der Waals surface area (Å²) < 4.78 is 6.20. The molecule has 0 bridgehead atoms. The van der Waals surface area contributed by atoms with Crippen LogP contribution in [0, 0.1) is 5.92 Å². The standard InChI is InChI=1S/C20H18N4O3S/c1-11(2)10-12-8-9-14-15(21)18(28-19(14)22-12)17(25)16-20(26)27-23-24(16)13-6-4-3-5-7-13/h3-9,11H,10H2,1-2H3,(H2-,21,23,25,26)/p+1. The Kier molecular flexibility index (Phi) is 4.56. The van der Waals surface area contributed by atoms with Crippen molar-refractivity contribution in [3.8, 4) is 5.69 Å². The first kappa shape index (κ1) is 18.1. The molecule has 0 unspecified atom stereocenters. The van der Waals surface area contributed by atoms with Crippen molar-refractivity contribution >= 4 is 33.0 Å². The zero-order valence-electron chi connectivity index (χ0n) is 15.4. The molecule has 4 rings (SSSR count). The monoisotopic (exact) mass is 395 g/mol. The maximum atomic E-state index is 13.2. The van der Waals surface area contributed by atoms with Gasteiger partial charge in [0.25, 0.3) is 5.78 Å². The second-order valence-electron chi connectivity index (χ2n) is 6.93. The van der Waals surface area contributed by atoms with Gasteiger partial charge in [-0.25, -0.2) is 9.78 Å². The summed E-state index contributed by atoms with van der Waals surface area (Å²) in [6.07, 6.45) is 0.840. The van der Waals surface area contributed by atoms with Crippen LogP contribution >= 0.6 is 11.3 Å². The molecule has 0 fully saturated rings. The molecule has 0 saturated heterocycles. The summed E-state index contributed by atoms with van der Waals surface area (Å²) in [5.41, 5.74) is 7.23. The number of hydrogen-bond donors (Lipinski definition) is 2. The molecule has 0 amide bonds. The van der Waals surface area contributed by atoms with Crippen LogP contribution in [0.3, 0.4) is 0 Å². The number of benzene rings is 1. The lowest BCUT2D eigenvalue weighted by Gasteiger charge is -2.03. The molecule has 0 atom stereocenters. The average Bonchev–Trinajstić information content (AvgIpc) is 3.21. The first-order valence-electron chi connectivity index (χ1n) is 8.87. The summed E-state index contributed by atoms with van der Waals surface area (Å²) in [5.74, 6) is -0.0255. The molecular weight excluding hydrogens is 376 g/mol. The van der Waals surface area contributed by atoms with Crippen LogP contribution in [0.5, 0.6) is 0 Å². The van der Waals surface area contributed by atoms with E-state index in [-0.39, 0.29) is 10.6 Å². The van der Waals surface area contributed by atoms with Crippen LogP contribution in [-0.2, 0) is 6.42 Å². The number of nitrogen functional groups attached to an aromatic ring is 1. The number of carbonyl (C=O) groups excluding carboxylic acids is 1. The molecule has 1 aromatic carbocycles. The summed E-state index contributed by atoms with van der Waals surface area (Å²) >= 11 is 1.19. The van der Waals surface area contributed by atoms with Crippen LogP contribution in [0.4, 0.5) is 5.69 Å². The SMILES string of the molecule is CC(C)Cc1ccc2c(N)c(C(=O)c3c(=O)o[nH][n+]3-c3ccccc3)sc2n1. The van der Waals surface area contributed by atoms with E-state index in [0.717, 1.165) is 12.1 Å². The minimum absolute atomic E-state index is 0.133. The molecule has 0 aliphatic carbocycles. The van der Waals surface area contributed by atoms with Crippen molar-refractivity contribution in [1.29, 1.82) is 0 Å². The highest BCUT2D eigenvalue weighted by Crippen LogP contribution is 2.33. The van der Waals surface area contributed by atoms with Gasteiger partial charge < -0.3 is 5.73 Å². The highest BCUT2D eigenvalue weighted by atomic mass is 32.1. The number of aromatic amines is 1. The summed E-state index contributed by atoms with van der Waals surface area (Å²) in [4.78, 5) is 31.0. The van der Waals surface area contributed by atoms with Gasteiger partial charge in [0.2, 0.25) is 5.69 Å². The van der Waals surface area contributed by atoms with Crippen molar-refractivity contribution < 1.29 is 14.0 Å². The van der Waals surface area contributed by atoms with Crippen LogP contribution in [0.1, 0.15) is 34.9 Å². The number of para-hydroxylation sites is 1. The number of anilines is 1. The molecule has 142 valence electrons. The Morgan fingerprint density at radius 3 is 2.71 bits per heavy atom. The van der Waals surface area contributed by atoms with Gasteiger partial charge in [0, 0.05) is 23.2 Å². The Hall–Kier alpha value is -3.26. The van der Waals surface area contributed by atoms with E-state index < -0.39 is 11.4 Å². The number of thiophene rings is 1. The Labute approximate surface area is 164 Å². The molecule has 0 spiro atoms. The highest BCUT2D eigenvalue weighted by Gasteiger charge is 2.34. The number of rotatable bonds is 5. The number of fused-ring (bicyclic) bond motifs is 1. The third-order valence-electron chi connectivity index (χ3n) is 4.35. The second kappa shape index (κ2) is 7.05. The Morgan fingerprint density at radius 1 is 1.25 bits per heavy atom. The molecule has 0 aliphatic rings. The number of aromatic nitrogens is 3. The van der Waals surface area contributed by atoms with Crippen molar-refractivity contribution in [2.24, 2.45) is 5.92 Å². The number of nitrogens with one attached hydrogen (secondary N) is 1. The van der Waals surface area contributed by atoms with Crippen LogP contribution in [-0.4, -0.2) is 16.0 Å². The van der Waals surface area contributed by atoms with E-state index in [2.05, 4.69) is 24.1 Å². The van der Waals surface area contributed by atoms with Gasteiger partial charge in [-0.05, 0) is 34.4 Å². The number of ketones is 1. The molecule has 0 radical (unpaired) electrons. The molecule has 3 N–H and O–H groups in total. The number of H-pyrrole nitrogens is 1.